The monoisotopic (exact) mass is 465 g/mol. The van der Waals surface area contributed by atoms with Crippen LogP contribution >= 0.6 is 0 Å². The fourth-order valence-corrected chi connectivity index (χ4v) is 4.58. The summed E-state index contributed by atoms with van der Waals surface area (Å²) < 4.78 is 9.30. The minimum absolute atomic E-state index is 0.0653. The van der Waals surface area contributed by atoms with Gasteiger partial charge in [0.2, 0.25) is 5.91 Å². The number of carbonyl (C=O) groups is 1. The number of aryl methyl sites for hydroxylation is 1. The molecule has 4 heterocycles. The van der Waals surface area contributed by atoms with Crippen LogP contribution < -0.4 is 10.1 Å². The van der Waals surface area contributed by atoms with Crippen LogP contribution in [0.25, 0.3) is 11.5 Å². The van der Waals surface area contributed by atoms with Crippen LogP contribution in [0.5, 0.6) is 5.75 Å². The predicted molar refractivity (Wildman–Crippen MR) is 130 cm³/mol. The van der Waals surface area contributed by atoms with Crippen molar-refractivity contribution in [1.29, 1.82) is 0 Å². The molecule has 35 heavy (non-hydrogen) atoms. The Kier molecular flexibility index (Phi) is 5.21. The first-order valence-electron chi connectivity index (χ1n) is 11.5. The van der Waals surface area contributed by atoms with E-state index in [1.807, 2.05) is 61.5 Å². The molecule has 1 N–H and O–H groups in total. The van der Waals surface area contributed by atoms with Gasteiger partial charge < -0.3 is 10.1 Å². The maximum Gasteiger partial charge on any atom is 0.226 e. The number of aromatic nitrogens is 6. The Morgan fingerprint density at radius 1 is 1.06 bits per heavy atom. The smallest absolute Gasteiger partial charge is 0.226 e. The third kappa shape index (κ3) is 4.01. The molecule has 2 aromatic carbocycles. The lowest BCUT2D eigenvalue weighted by Gasteiger charge is -2.24. The van der Waals surface area contributed by atoms with Gasteiger partial charge in [-0.3, -0.25) is 4.79 Å². The van der Waals surface area contributed by atoms with Crippen LogP contribution in [-0.4, -0.2) is 42.1 Å². The topological polar surface area (TPSA) is 99.2 Å². The third-order valence-electron chi connectivity index (χ3n) is 6.23. The lowest BCUT2D eigenvalue weighted by Crippen LogP contribution is -2.25. The minimum Gasteiger partial charge on any atom is -0.493 e. The molecule has 9 nitrogen and oxygen atoms in total. The van der Waals surface area contributed by atoms with Gasteiger partial charge >= 0.3 is 0 Å². The van der Waals surface area contributed by atoms with E-state index >= 15 is 0 Å². The van der Waals surface area contributed by atoms with E-state index in [1.54, 1.807) is 9.20 Å². The molecular formula is C26H23N7O2. The van der Waals surface area contributed by atoms with E-state index in [-0.39, 0.29) is 11.8 Å². The Labute approximate surface area is 201 Å². The van der Waals surface area contributed by atoms with E-state index in [2.05, 4.69) is 32.7 Å². The number of nitrogens with zero attached hydrogens (tertiary/aromatic N) is 6. The zero-order valence-corrected chi connectivity index (χ0v) is 19.1. The number of nitrogens with one attached hydrogen (secondary N) is 1. The second kappa shape index (κ2) is 8.68. The molecule has 0 spiro atoms. The maximum absolute atomic E-state index is 12.8. The molecule has 1 aliphatic rings. The van der Waals surface area contributed by atoms with E-state index in [0.29, 0.717) is 30.3 Å². The molecule has 1 atom stereocenters. The first-order valence-corrected chi connectivity index (χ1v) is 11.5. The van der Waals surface area contributed by atoms with Gasteiger partial charge in [-0.2, -0.15) is 14.3 Å². The Morgan fingerprint density at radius 2 is 1.94 bits per heavy atom. The van der Waals surface area contributed by atoms with Crippen LogP contribution in [0.1, 0.15) is 34.7 Å². The van der Waals surface area contributed by atoms with E-state index in [0.717, 1.165) is 29.0 Å². The first-order chi connectivity index (χ1) is 17.2. The second-order valence-electron chi connectivity index (χ2n) is 8.55. The molecule has 0 saturated heterocycles. The highest BCUT2D eigenvalue weighted by Gasteiger charge is 2.33. The van der Waals surface area contributed by atoms with Crippen LogP contribution in [0.15, 0.2) is 73.1 Å². The van der Waals surface area contributed by atoms with Crippen LogP contribution in [-0.2, 0) is 11.2 Å². The number of hydrogen-bond acceptors (Lipinski definition) is 6. The van der Waals surface area contributed by atoms with Gasteiger partial charge in [-0.15, -0.1) is 15.3 Å². The van der Waals surface area contributed by atoms with Crippen molar-refractivity contribution >= 4 is 17.4 Å². The molecule has 9 heteroatoms. The quantitative estimate of drug-likeness (QED) is 0.410. The Balaban J connectivity index is 1.30. The standard InChI is InChI=1S/C26H23N7O2/c1-17-25-21(19-8-5-9-20(14-19)35-13-12-18-6-3-2-4-7-18)15-24(34)28-26(25)33(30-17)23-11-10-22-29-27-16-32(22)31-23/h2-11,14,16,21H,12-13,15H2,1H3,(H,28,34)/t21-/m0/s1. The molecule has 0 unspecified atom stereocenters. The lowest BCUT2D eigenvalue weighted by molar-refractivity contribution is -0.116. The van der Waals surface area contributed by atoms with Gasteiger partial charge in [0.1, 0.15) is 17.9 Å². The second-order valence-corrected chi connectivity index (χ2v) is 8.55. The van der Waals surface area contributed by atoms with Crippen molar-refractivity contribution in [2.24, 2.45) is 0 Å². The van der Waals surface area contributed by atoms with E-state index in [4.69, 9.17) is 9.84 Å². The number of hydrogen-bond donors (Lipinski definition) is 1. The largest absolute Gasteiger partial charge is 0.493 e. The number of anilines is 1. The highest BCUT2D eigenvalue weighted by atomic mass is 16.5. The summed E-state index contributed by atoms with van der Waals surface area (Å²) in [6, 6.07) is 21.9. The fourth-order valence-electron chi connectivity index (χ4n) is 4.58. The summed E-state index contributed by atoms with van der Waals surface area (Å²) in [4.78, 5) is 12.8. The number of ether oxygens (including phenoxy) is 1. The average Bonchev–Trinajstić information content (AvgIpc) is 3.48. The van der Waals surface area contributed by atoms with Crippen LogP contribution in [0.2, 0.25) is 0 Å². The Morgan fingerprint density at radius 3 is 2.83 bits per heavy atom. The summed E-state index contributed by atoms with van der Waals surface area (Å²) in [5.41, 5.74) is 4.71. The Hall–Kier alpha value is -4.53. The summed E-state index contributed by atoms with van der Waals surface area (Å²) in [6.07, 6.45) is 2.70. The van der Waals surface area contributed by atoms with Crippen LogP contribution in [0.4, 0.5) is 5.82 Å². The number of amides is 1. The highest BCUT2D eigenvalue weighted by molar-refractivity contribution is 5.95. The fraction of sp³-hybridized carbons (Fsp3) is 0.192. The summed E-state index contributed by atoms with van der Waals surface area (Å²) in [5.74, 6) is 1.80. The Bertz CT molecular complexity index is 1520. The van der Waals surface area contributed by atoms with Crippen molar-refractivity contribution in [3.05, 3.63) is 95.4 Å². The molecule has 3 aromatic heterocycles. The maximum atomic E-state index is 12.8. The number of benzene rings is 2. The molecule has 5 aromatic rings. The SMILES string of the molecule is Cc1nn(-c2ccc3nncn3n2)c2c1[C@H](c1cccc(OCCc3ccccc3)c1)CC(=O)N2. The van der Waals surface area contributed by atoms with Crippen molar-refractivity contribution in [1.82, 2.24) is 29.6 Å². The zero-order valence-electron chi connectivity index (χ0n) is 19.1. The van der Waals surface area contributed by atoms with Gasteiger partial charge in [-0.25, -0.2) is 0 Å². The molecule has 1 amide bonds. The van der Waals surface area contributed by atoms with Crippen LogP contribution in [0, 0.1) is 6.92 Å². The third-order valence-corrected chi connectivity index (χ3v) is 6.23. The lowest BCUT2D eigenvalue weighted by atomic mass is 9.86. The number of rotatable bonds is 6. The number of carbonyl (C=O) groups excluding carboxylic acids is 1. The normalized spacial score (nSPS) is 15.1. The zero-order chi connectivity index (χ0) is 23.8. The molecule has 6 rings (SSSR count). The minimum atomic E-state index is -0.135. The van der Waals surface area contributed by atoms with Crippen molar-refractivity contribution in [2.75, 3.05) is 11.9 Å². The van der Waals surface area contributed by atoms with Crippen LogP contribution in [0.3, 0.4) is 0 Å². The molecule has 174 valence electrons. The van der Waals surface area contributed by atoms with Crippen molar-refractivity contribution in [3.8, 4) is 11.6 Å². The van der Waals surface area contributed by atoms with Gasteiger partial charge in [0.15, 0.2) is 11.5 Å². The summed E-state index contributed by atoms with van der Waals surface area (Å²) in [5, 5.41) is 20.1. The number of fused-ring (bicyclic) bond motifs is 2. The van der Waals surface area contributed by atoms with Crippen molar-refractivity contribution in [2.45, 2.75) is 25.7 Å². The van der Waals surface area contributed by atoms with Gasteiger partial charge in [0.25, 0.3) is 0 Å². The molecule has 0 radical (unpaired) electrons. The predicted octanol–water partition coefficient (Wildman–Crippen LogP) is 3.71. The summed E-state index contributed by atoms with van der Waals surface area (Å²) >= 11 is 0. The van der Waals surface area contributed by atoms with Gasteiger partial charge in [0, 0.05) is 24.3 Å². The van der Waals surface area contributed by atoms with Gasteiger partial charge in [0.05, 0.1) is 12.3 Å². The summed E-state index contributed by atoms with van der Waals surface area (Å²) in [6.45, 7) is 2.54. The van der Waals surface area contributed by atoms with E-state index in [1.165, 1.54) is 11.9 Å². The molecule has 0 bridgehead atoms. The first kappa shape index (κ1) is 21.0. The van der Waals surface area contributed by atoms with Crippen molar-refractivity contribution in [3.63, 3.8) is 0 Å². The molecule has 0 saturated carbocycles. The average molecular weight is 466 g/mol. The van der Waals surface area contributed by atoms with E-state index in [9.17, 15) is 4.79 Å². The highest BCUT2D eigenvalue weighted by Crippen LogP contribution is 2.40. The van der Waals surface area contributed by atoms with Gasteiger partial charge in [-0.1, -0.05) is 42.5 Å². The van der Waals surface area contributed by atoms with Crippen molar-refractivity contribution < 1.29 is 9.53 Å². The molecule has 0 aliphatic carbocycles. The molecule has 0 fully saturated rings. The van der Waals surface area contributed by atoms with Gasteiger partial charge in [-0.05, 0) is 42.3 Å². The molecular weight excluding hydrogens is 442 g/mol. The van der Waals surface area contributed by atoms with E-state index < -0.39 is 0 Å². The molecule has 1 aliphatic heterocycles. The summed E-state index contributed by atoms with van der Waals surface area (Å²) in [7, 11) is 0.